The molecule has 0 aliphatic heterocycles. The van der Waals surface area contributed by atoms with Crippen molar-refractivity contribution in [3.05, 3.63) is 64.1 Å². The van der Waals surface area contributed by atoms with Gasteiger partial charge in [0, 0.05) is 23.5 Å². The highest BCUT2D eigenvalue weighted by molar-refractivity contribution is 5.97. The molecule has 1 heterocycles. The molecule has 142 valence electrons. The van der Waals surface area contributed by atoms with Crippen LogP contribution < -0.4 is 16.2 Å². The second kappa shape index (κ2) is 7.26. The van der Waals surface area contributed by atoms with E-state index in [0.29, 0.717) is 21.9 Å². The molecule has 0 saturated heterocycles. The van der Waals surface area contributed by atoms with Gasteiger partial charge in [-0.05, 0) is 43.2 Å². The Morgan fingerprint density at radius 3 is 2.56 bits per heavy atom. The van der Waals surface area contributed by atoms with Crippen LogP contribution in [0.2, 0.25) is 0 Å². The van der Waals surface area contributed by atoms with E-state index < -0.39 is 29.8 Å². The quantitative estimate of drug-likeness (QED) is 0.837. The number of amides is 2. The lowest BCUT2D eigenvalue weighted by Crippen LogP contribution is -2.32. The van der Waals surface area contributed by atoms with E-state index in [1.54, 1.807) is 18.2 Å². The summed E-state index contributed by atoms with van der Waals surface area (Å²) in [5, 5.41) is 5.29. The van der Waals surface area contributed by atoms with Gasteiger partial charge in [-0.15, -0.1) is 0 Å². The lowest BCUT2D eigenvalue weighted by molar-refractivity contribution is -0.139. The molecule has 0 bridgehead atoms. The number of hydrogen-bond acceptors (Lipinski definition) is 3. The first-order valence-corrected chi connectivity index (χ1v) is 8.21. The lowest BCUT2D eigenvalue weighted by Gasteiger charge is -2.11. The van der Waals surface area contributed by atoms with Gasteiger partial charge in [0.2, 0.25) is 5.91 Å². The molecule has 6 nitrogen and oxygen atoms in total. The number of halogens is 3. The van der Waals surface area contributed by atoms with Gasteiger partial charge in [0.05, 0.1) is 0 Å². The van der Waals surface area contributed by atoms with Crippen molar-refractivity contribution < 1.29 is 22.8 Å². The van der Waals surface area contributed by atoms with E-state index in [1.807, 2.05) is 0 Å². The average Bonchev–Trinajstić information content (AvgIpc) is 3.40. The molecule has 1 saturated carbocycles. The zero-order valence-electron chi connectivity index (χ0n) is 14.0. The van der Waals surface area contributed by atoms with Crippen molar-refractivity contribution in [1.82, 2.24) is 9.88 Å². The van der Waals surface area contributed by atoms with Gasteiger partial charge in [-0.3, -0.25) is 14.4 Å². The number of alkyl halides is 3. The van der Waals surface area contributed by atoms with Crippen LogP contribution in [0.3, 0.4) is 0 Å². The molecule has 0 spiro atoms. The van der Waals surface area contributed by atoms with Gasteiger partial charge in [-0.2, -0.15) is 13.2 Å². The first-order chi connectivity index (χ1) is 12.7. The Labute approximate surface area is 152 Å². The monoisotopic (exact) mass is 379 g/mol. The van der Waals surface area contributed by atoms with Gasteiger partial charge in [-0.25, -0.2) is 0 Å². The summed E-state index contributed by atoms with van der Waals surface area (Å²) < 4.78 is 39.0. The van der Waals surface area contributed by atoms with Crippen LogP contribution in [0.15, 0.2) is 47.4 Å². The zero-order chi connectivity index (χ0) is 19.6. The number of carbonyl (C=O) groups is 2. The van der Waals surface area contributed by atoms with Crippen LogP contribution in [-0.2, 0) is 17.5 Å². The summed E-state index contributed by atoms with van der Waals surface area (Å²) in [6.07, 6.45) is -1.81. The van der Waals surface area contributed by atoms with Crippen LogP contribution >= 0.6 is 0 Å². The zero-order valence-corrected chi connectivity index (χ0v) is 14.0. The number of anilines is 1. The number of rotatable bonds is 5. The number of benzene rings is 1. The summed E-state index contributed by atoms with van der Waals surface area (Å²) in [5.74, 6) is -0.945. The molecule has 2 aromatic rings. The third kappa shape index (κ3) is 4.75. The Morgan fingerprint density at radius 2 is 1.89 bits per heavy atom. The van der Waals surface area contributed by atoms with Crippen LogP contribution in [0.1, 0.15) is 28.8 Å². The van der Waals surface area contributed by atoms with Crippen LogP contribution in [0.5, 0.6) is 0 Å². The summed E-state index contributed by atoms with van der Waals surface area (Å²) >= 11 is 0. The normalized spacial score (nSPS) is 13.9. The summed E-state index contributed by atoms with van der Waals surface area (Å²) in [4.78, 5) is 36.0. The van der Waals surface area contributed by atoms with Crippen LogP contribution in [0.25, 0.3) is 0 Å². The lowest BCUT2D eigenvalue weighted by atomic mass is 10.2. The molecular weight excluding hydrogens is 363 g/mol. The predicted octanol–water partition coefficient (Wildman–Crippen LogP) is 2.40. The predicted molar refractivity (Wildman–Crippen MR) is 91.3 cm³/mol. The second-order valence-corrected chi connectivity index (χ2v) is 6.23. The average molecular weight is 379 g/mol. The van der Waals surface area contributed by atoms with E-state index in [2.05, 4.69) is 10.6 Å². The van der Waals surface area contributed by atoms with E-state index in [-0.39, 0.29) is 11.9 Å². The van der Waals surface area contributed by atoms with Crippen molar-refractivity contribution in [1.29, 1.82) is 0 Å². The maximum Gasteiger partial charge on any atom is 0.421 e. The van der Waals surface area contributed by atoms with Crippen LogP contribution in [-0.4, -0.2) is 22.4 Å². The summed E-state index contributed by atoms with van der Waals surface area (Å²) in [6, 6.07) is 8.08. The highest BCUT2D eigenvalue weighted by Gasteiger charge is 2.34. The molecule has 0 radical (unpaired) electrons. The van der Waals surface area contributed by atoms with Crippen molar-refractivity contribution in [2.45, 2.75) is 31.6 Å². The maximum atomic E-state index is 12.8. The standard InChI is InChI=1S/C18H16F3N3O3/c19-18(20,21)14-5-2-8-24(17(14)27)10-15(25)22-13-4-1-3-11(9-13)16(26)23-12-6-7-12/h1-5,8-9,12H,6-7,10H2,(H,22,25)(H,23,26). The molecule has 1 fully saturated rings. The van der Waals surface area contributed by atoms with Gasteiger partial charge in [0.15, 0.2) is 0 Å². The maximum absolute atomic E-state index is 12.8. The van der Waals surface area contributed by atoms with Crippen molar-refractivity contribution in [2.75, 3.05) is 5.32 Å². The fourth-order valence-corrected chi connectivity index (χ4v) is 2.47. The Bertz CT molecular complexity index is 933. The molecule has 0 unspecified atom stereocenters. The highest BCUT2D eigenvalue weighted by atomic mass is 19.4. The number of nitrogens with zero attached hydrogens (tertiary/aromatic N) is 1. The third-order valence-corrected chi connectivity index (χ3v) is 3.96. The van der Waals surface area contributed by atoms with Gasteiger partial charge in [0.1, 0.15) is 12.1 Å². The second-order valence-electron chi connectivity index (χ2n) is 6.23. The fraction of sp³-hybridized carbons (Fsp3) is 0.278. The molecule has 1 aliphatic rings. The van der Waals surface area contributed by atoms with Crippen LogP contribution in [0, 0.1) is 0 Å². The van der Waals surface area contributed by atoms with E-state index >= 15 is 0 Å². The summed E-state index contributed by atoms with van der Waals surface area (Å²) in [6.45, 7) is -0.582. The van der Waals surface area contributed by atoms with Gasteiger partial charge < -0.3 is 15.2 Å². The number of pyridine rings is 1. The van der Waals surface area contributed by atoms with Crippen LogP contribution in [0.4, 0.5) is 18.9 Å². The molecule has 3 rings (SSSR count). The Hall–Kier alpha value is -3.10. The van der Waals surface area contributed by atoms with E-state index in [1.165, 1.54) is 6.07 Å². The first-order valence-electron chi connectivity index (χ1n) is 8.21. The smallest absolute Gasteiger partial charge is 0.349 e. The molecule has 9 heteroatoms. The van der Waals surface area contributed by atoms with E-state index in [9.17, 15) is 27.6 Å². The SMILES string of the molecule is O=C(Cn1cccc(C(F)(F)F)c1=O)Nc1cccc(C(=O)NC2CC2)c1. The number of hydrogen-bond donors (Lipinski definition) is 2. The Kier molecular flexibility index (Phi) is 5.02. The molecule has 27 heavy (non-hydrogen) atoms. The molecule has 1 aliphatic carbocycles. The van der Waals surface area contributed by atoms with E-state index in [0.717, 1.165) is 25.1 Å². The summed E-state index contributed by atoms with van der Waals surface area (Å²) in [5.41, 5.74) is -1.96. The van der Waals surface area contributed by atoms with Gasteiger partial charge >= 0.3 is 6.18 Å². The Morgan fingerprint density at radius 1 is 1.15 bits per heavy atom. The number of aromatic nitrogens is 1. The minimum absolute atomic E-state index is 0.184. The molecule has 1 aromatic heterocycles. The summed E-state index contributed by atoms with van der Waals surface area (Å²) in [7, 11) is 0. The molecule has 2 N–H and O–H groups in total. The number of carbonyl (C=O) groups excluding carboxylic acids is 2. The highest BCUT2D eigenvalue weighted by Crippen LogP contribution is 2.26. The molecule has 0 atom stereocenters. The molecular formula is C18H16F3N3O3. The fourth-order valence-electron chi connectivity index (χ4n) is 2.47. The van der Waals surface area contributed by atoms with Crippen molar-refractivity contribution in [3.63, 3.8) is 0 Å². The minimum Gasteiger partial charge on any atom is -0.349 e. The van der Waals surface area contributed by atoms with Gasteiger partial charge in [-0.1, -0.05) is 6.07 Å². The number of nitrogens with one attached hydrogen (secondary N) is 2. The van der Waals surface area contributed by atoms with Crippen molar-refractivity contribution in [2.24, 2.45) is 0 Å². The first kappa shape index (κ1) is 18.7. The minimum atomic E-state index is -4.79. The van der Waals surface area contributed by atoms with Crippen molar-refractivity contribution in [3.8, 4) is 0 Å². The largest absolute Gasteiger partial charge is 0.421 e. The Balaban J connectivity index is 1.69. The van der Waals surface area contributed by atoms with E-state index in [4.69, 9.17) is 0 Å². The topological polar surface area (TPSA) is 80.2 Å². The third-order valence-electron chi connectivity index (χ3n) is 3.96. The van der Waals surface area contributed by atoms with Gasteiger partial charge in [0.25, 0.3) is 11.5 Å². The van der Waals surface area contributed by atoms with Crippen molar-refractivity contribution >= 4 is 17.5 Å². The molecule has 1 aromatic carbocycles. The molecule has 2 amide bonds.